The molecule has 2 saturated carbocycles. The van der Waals surface area contributed by atoms with Gasteiger partial charge in [-0.1, -0.05) is 6.42 Å². The SMILES string of the molecule is OCC1(Cc2nccs2)CC2CCC1C2. The highest BCUT2D eigenvalue weighted by Crippen LogP contribution is 2.57. The number of aromatic nitrogens is 1. The molecule has 3 heteroatoms. The first-order chi connectivity index (χ1) is 7.32. The lowest BCUT2D eigenvalue weighted by atomic mass is 9.71. The van der Waals surface area contributed by atoms with Gasteiger partial charge in [0.15, 0.2) is 0 Å². The van der Waals surface area contributed by atoms with Crippen molar-refractivity contribution in [2.45, 2.75) is 32.1 Å². The minimum atomic E-state index is 0.181. The lowest BCUT2D eigenvalue weighted by Gasteiger charge is -2.35. The fraction of sp³-hybridized carbons (Fsp3) is 0.750. The molecule has 2 aliphatic carbocycles. The number of hydrogen-bond acceptors (Lipinski definition) is 3. The van der Waals surface area contributed by atoms with Crippen LogP contribution in [0.3, 0.4) is 0 Å². The molecule has 0 radical (unpaired) electrons. The first kappa shape index (κ1) is 9.79. The fourth-order valence-corrected chi connectivity index (χ4v) is 4.44. The van der Waals surface area contributed by atoms with Crippen molar-refractivity contribution in [1.82, 2.24) is 4.98 Å². The molecule has 1 heterocycles. The molecular formula is C12H17NOS. The normalized spacial score (nSPS) is 38.7. The second-order valence-corrected chi connectivity index (χ2v) is 6.18. The molecule has 1 aromatic heterocycles. The summed E-state index contributed by atoms with van der Waals surface area (Å²) in [6.07, 6.45) is 8.18. The largest absolute Gasteiger partial charge is 0.396 e. The van der Waals surface area contributed by atoms with Crippen molar-refractivity contribution in [3.8, 4) is 0 Å². The van der Waals surface area contributed by atoms with Crippen LogP contribution >= 0.6 is 11.3 Å². The first-order valence-corrected chi connectivity index (χ1v) is 6.69. The van der Waals surface area contributed by atoms with Gasteiger partial charge in [-0.05, 0) is 31.1 Å². The molecule has 0 aromatic carbocycles. The zero-order valence-corrected chi connectivity index (χ0v) is 9.67. The Labute approximate surface area is 94.4 Å². The van der Waals surface area contributed by atoms with Crippen LogP contribution in [-0.4, -0.2) is 16.7 Å². The Morgan fingerprint density at radius 1 is 1.53 bits per heavy atom. The topological polar surface area (TPSA) is 33.1 Å². The Hall–Kier alpha value is -0.410. The number of aliphatic hydroxyl groups is 1. The molecule has 2 bridgehead atoms. The Bertz CT molecular complexity index is 337. The van der Waals surface area contributed by atoms with Crippen LogP contribution in [0.2, 0.25) is 0 Å². The monoisotopic (exact) mass is 223 g/mol. The molecule has 3 rings (SSSR count). The minimum absolute atomic E-state index is 0.181. The van der Waals surface area contributed by atoms with Crippen LogP contribution in [0.5, 0.6) is 0 Å². The summed E-state index contributed by atoms with van der Waals surface area (Å²) in [5.41, 5.74) is 0.181. The molecule has 1 N–H and O–H groups in total. The van der Waals surface area contributed by atoms with Gasteiger partial charge in [0.1, 0.15) is 0 Å². The van der Waals surface area contributed by atoms with Crippen LogP contribution in [0, 0.1) is 17.3 Å². The second-order valence-electron chi connectivity index (χ2n) is 5.20. The molecule has 0 saturated heterocycles. The number of aliphatic hydroxyl groups excluding tert-OH is 1. The maximum atomic E-state index is 9.71. The van der Waals surface area contributed by atoms with Crippen molar-refractivity contribution in [3.05, 3.63) is 16.6 Å². The van der Waals surface area contributed by atoms with E-state index in [1.165, 1.54) is 30.7 Å². The quantitative estimate of drug-likeness (QED) is 0.854. The van der Waals surface area contributed by atoms with Gasteiger partial charge in [0.05, 0.1) is 5.01 Å². The maximum absolute atomic E-state index is 9.71. The number of hydrogen-bond donors (Lipinski definition) is 1. The Balaban J connectivity index is 1.82. The molecule has 15 heavy (non-hydrogen) atoms. The third kappa shape index (κ3) is 1.53. The van der Waals surface area contributed by atoms with Gasteiger partial charge in [0.2, 0.25) is 0 Å². The third-order valence-corrected chi connectivity index (χ3v) is 5.18. The van der Waals surface area contributed by atoms with Crippen molar-refractivity contribution >= 4 is 11.3 Å². The summed E-state index contributed by atoms with van der Waals surface area (Å²) < 4.78 is 0. The van der Waals surface area contributed by atoms with Gasteiger partial charge < -0.3 is 5.11 Å². The summed E-state index contributed by atoms with van der Waals surface area (Å²) in [5, 5.41) is 13.0. The molecule has 1 aromatic rings. The van der Waals surface area contributed by atoms with Crippen LogP contribution in [0.4, 0.5) is 0 Å². The second kappa shape index (κ2) is 3.56. The highest BCUT2D eigenvalue weighted by molar-refractivity contribution is 7.09. The van der Waals surface area contributed by atoms with E-state index in [1.54, 1.807) is 11.3 Å². The van der Waals surface area contributed by atoms with E-state index in [0.717, 1.165) is 18.3 Å². The summed E-state index contributed by atoms with van der Waals surface area (Å²) in [6, 6.07) is 0. The van der Waals surface area contributed by atoms with Gasteiger partial charge in [0, 0.05) is 30.0 Å². The van der Waals surface area contributed by atoms with Gasteiger partial charge in [-0.25, -0.2) is 4.98 Å². The molecule has 2 aliphatic rings. The lowest BCUT2D eigenvalue weighted by molar-refractivity contribution is 0.0651. The fourth-order valence-electron chi connectivity index (χ4n) is 3.67. The van der Waals surface area contributed by atoms with Crippen LogP contribution < -0.4 is 0 Å². The minimum Gasteiger partial charge on any atom is -0.396 e. The molecule has 0 spiro atoms. The number of rotatable bonds is 3. The lowest BCUT2D eigenvalue weighted by Crippen LogP contribution is -2.34. The zero-order chi connectivity index (χ0) is 10.3. The Morgan fingerprint density at radius 2 is 2.47 bits per heavy atom. The van der Waals surface area contributed by atoms with Crippen molar-refractivity contribution in [2.24, 2.45) is 17.3 Å². The van der Waals surface area contributed by atoms with E-state index in [2.05, 4.69) is 4.98 Å². The predicted octanol–water partition coefficient (Wildman–Crippen LogP) is 2.48. The number of thiazole rings is 1. The van der Waals surface area contributed by atoms with Crippen molar-refractivity contribution in [3.63, 3.8) is 0 Å². The van der Waals surface area contributed by atoms with E-state index >= 15 is 0 Å². The van der Waals surface area contributed by atoms with Gasteiger partial charge in [0.25, 0.3) is 0 Å². The van der Waals surface area contributed by atoms with E-state index in [1.807, 2.05) is 11.6 Å². The smallest absolute Gasteiger partial charge is 0.0931 e. The summed E-state index contributed by atoms with van der Waals surface area (Å²) in [4.78, 5) is 4.36. The average molecular weight is 223 g/mol. The molecule has 3 atom stereocenters. The molecule has 0 aliphatic heterocycles. The highest BCUT2D eigenvalue weighted by atomic mass is 32.1. The van der Waals surface area contributed by atoms with Crippen LogP contribution in [0.25, 0.3) is 0 Å². The van der Waals surface area contributed by atoms with E-state index in [9.17, 15) is 5.11 Å². The van der Waals surface area contributed by atoms with Crippen LogP contribution in [0.1, 0.15) is 30.7 Å². The van der Waals surface area contributed by atoms with Crippen molar-refractivity contribution in [1.29, 1.82) is 0 Å². The van der Waals surface area contributed by atoms with Crippen molar-refractivity contribution in [2.75, 3.05) is 6.61 Å². The van der Waals surface area contributed by atoms with E-state index in [4.69, 9.17) is 0 Å². The summed E-state index contributed by atoms with van der Waals surface area (Å²) in [6.45, 7) is 0.355. The zero-order valence-electron chi connectivity index (χ0n) is 8.85. The average Bonchev–Trinajstić information content (AvgIpc) is 2.93. The number of fused-ring (bicyclic) bond motifs is 2. The molecule has 2 nitrogen and oxygen atoms in total. The maximum Gasteiger partial charge on any atom is 0.0931 e. The molecule has 82 valence electrons. The highest BCUT2D eigenvalue weighted by Gasteiger charge is 2.50. The molecule has 2 fully saturated rings. The van der Waals surface area contributed by atoms with Crippen LogP contribution in [0.15, 0.2) is 11.6 Å². The van der Waals surface area contributed by atoms with Gasteiger partial charge in [-0.2, -0.15) is 0 Å². The molecule has 3 unspecified atom stereocenters. The van der Waals surface area contributed by atoms with Crippen molar-refractivity contribution < 1.29 is 5.11 Å². The van der Waals surface area contributed by atoms with Gasteiger partial charge in [-0.3, -0.25) is 0 Å². The standard InChI is InChI=1S/C12H17NOS/c14-8-12(7-11-13-3-4-15-11)6-9-1-2-10(12)5-9/h3-4,9-10,14H,1-2,5-8H2. The molecule has 0 amide bonds. The Morgan fingerprint density at radius 3 is 3.00 bits per heavy atom. The predicted molar refractivity (Wildman–Crippen MR) is 60.8 cm³/mol. The summed E-state index contributed by atoms with van der Waals surface area (Å²) >= 11 is 1.73. The number of nitrogens with zero attached hydrogens (tertiary/aromatic N) is 1. The summed E-state index contributed by atoms with van der Waals surface area (Å²) in [5.74, 6) is 1.65. The Kier molecular flexibility index (Phi) is 2.33. The third-order valence-electron chi connectivity index (χ3n) is 4.40. The van der Waals surface area contributed by atoms with Crippen LogP contribution in [-0.2, 0) is 6.42 Å². The van der Waals surface area contributed by atoms with E-state index in [0.29, 0.717) is 6.61 Å². The molecular weight excluding hydrogens is 206 g/mol. The summed E-state index contributed by atoms with van der Waals surface area (Å²) in [7, 11) is 0. The first-order valence-electron chi connectivity index (χ1n) is 5.82. The van der Waals surface area contributed by atoms with Gasteiger partial charge >= 0.3 is 0 Å². The van der Waals surface area contributed by atoms with E-state index < -0.39 is 0 Å². The van der Waals surface area contributed by atoms with E-state index in [-0.39, 0.29) is 5.41 Å². The van der Waals surface area contributed by atoms with Gasteiger partial charge in [-0.15, -0.1) is 11.3 Å².